The van der Waals surface area contributed by atoms with E-state index in [0.717, 1.165) is 16.7 Å². The number of nitrogens with one attached hydrogen (secondary N) is 1. The summed E-state index contributed by atoms with van der Waals surface area (Å²) in [6.07, 6.45) is 0.950. The summed E-state index contributed by atoms with van der Waals surface area (Å²) >= 11 is 0. The van der Waals surface area contributed by atoms with Crippen LogP contribution in [0.15, 0.2) is 35.9 Å². The number of carbonyl (C=O) groups excluding carboxylic acids is 4. The van der Waals surface area contributed by atoms with Crippen molar-refractivity contribution in [2.24, 2.45) is 0 Å². The molecule has 2 aliphatic rings. The largest absolute Gasteiger partial charge is 0.437 e. The fourth-order valence-corrected chi connectivity index (χ4v) is 3.89. The Morgan fingerprint density at radius 2 is 1.79 bits per heavy atom. The van der Waals surface area contributed by atoms with Gasteiger partial charge in [0.1, 0.15) is 0 Å². The Hall–Kier alpha value is -3.46. The van der Waals surface area contributed by atoms with Crippen LogP contribution in [0.2, 0.25) is 0 Å². The van der Waals surface area contributed by atoms with Crippen molar-refractivity contribution in [3.63, 3.8) is 0 Å². The van der Waals surface area contributed by atoms with Gasteiger partial charge in [-0.15, -0.1) is 0 Å². The van der Waals surface area contributed by atoms with E-state index in [0.29, 0.717) is 30.7 Å². The number of carbonyl (C=O) groups is 4. The van der Waals surface area contributed by atoms with Gasteiger partial charge in [0.05, 0.1) is 5.57 Å². The van der Waals surface area contributed by atoms with Crippen LogP contribution in [0.3, 0.4) is 0 Å². The van der Waals surface area contributed by atoms with E-state index < -0.39 is 24.4 Å². The second kappa shape index (κ2) is 9.99. The molecular formula is C24H29N3O6. The molecule has 0 saturated heterocycles. The van der Waals surface area contributed by atoms with Crippen LogP contribution in [0.5, 0.6) is 0 Å². The monoisotopic (exact) mass is 455 g/mol. The molecule has 9 nitrogen and oxygen atoms in total. The lowest BCUT2D eigenvalue weighted by Crippen LogP contribution is -2.49. The molecule has 3 rings (SSSR count). The predicted octanol–water partition coefficient (Wildman–Crippen LogP) is 1.55. The number of likely N-dealkylation sites (N-methyl/N-ethyl adjacent to an activating group) is 1. The SMILES string of the molecule is CC(=O)N[C@@H]1OC(=O)C(c2ccc(C3=CCN(C(=O)C(OC(C)=O)N(C)C)CC3)cc2)=C1C. The quantitative estimate of drug-likeness (QED) is 0.512. The van der Waals surface area contributed by atoms with Crippen LogP contribution in [0, 0.1) is 0 Å². The summed E-state index contributed by atoms with van der Waals surface area (Å²) in [6, 6.07) is 7.57. The average molecular weight is 456 g/mol. The van der Waals surface area contributed by atoms with Crippen LogP contribution in [-0.4, -0.2) is 73.2 Å². The van der Waals surface area contributed by atoms with Gasteiger partial charge in [-0.05, 0) is 44.1 Å². The lowest BCUT2D eigenvalue weighted by Gasteiger charge is -2.32. The number of cyclic esters (lactones) is 1. The normalized spacial score (nSPS) is 19.2. The fraction of sp³-hybridized carbons (Fsp3) is 0.417. The van der Waals surface area contributed by atoms with Gasteiger partial charge in [-0.3, -0.25) is 19.3 Å². The van der Waals surface area contributed by atoms with E-state index in [1.165, 1.54) is 13.8 Å². The van der Waals surface area contributed by atoms with Crippen molar-refractivity contribution in [2.75, 3.05) is 27.2 Å². The van der Waals surface area contributed by atoms with Gasteiger partial charge in [-0.2, -0.15) is 0 Å². The minimum atomic E-state index is -0.944. The van der Waals surface area contributed by atoms with E-state index in [-0.39, 0.29) is 11.8 Å². The van der Waals surface area contributed by atoms with Crippen LogP contribution in [0.25, 0.3) is 11.1 Å². The summed E-state index contributed by atoms with van der Waals surface area (Å²) in [6.45, 7) is 5.34. The van der Waals surface area contributed by atoms with Crippen molar-refractivity contribution in [3.8, 4) is 0 Å². The standard InChI is InChI=1S/C24H29N3O6/c1-14-20(24(31)33-21(14)25-15(2)28)19-8-6-17(7-9-19)18-10-12-27(13-11-18)22(30)23(26(4)5)32-16(3)29/h6-10,21,23H,11-13H2,1-5H3,(H,25,28)/t21-,23?/m1/s1. The molecule has 1 N–H and O–H groups in total. The van der Waals surface area contributed by atoms with E-state index in [9.17, 15) is 19.2 Å². The molecule has 1 aromatic rings. The van der Waals surface area contributed by atoms with Crippen molar-refractivity contribution < 1.29 is 28.7 Å². The summed E-state index contributed by atoms with van der Waals surface area (Å²) < 4.78 is 10.4. The molecule has 0 fully saturated rings. The third kappa shape index (κ3) is 5.48. The number of hydrogen-bond acceptors (Lipinski definition) is 7. The van der Waals surface area contributed by atoms with Gasteiger partial charge in [-0.1, -0.05) is 30.3 Å². The maximum Gasteiger partial charge on any atom is 0.341 e. The molecule has 2 atom stereocenters. The van der Waals surface area contributed by atoms with E-state index in [1.807, 2.05) is 30.3 Å². The predicted molar refractivity (Wildman–Crippen MR) is 121 cm³/mol. The molecule has 0 bridgehead atoms. The Bertz CT molecular complexity index is 1030. The molecule has 9 heteroatoms. The molecular weight excluding hydrogens is 426 g/mol. The third-order valence-corrected chi connectivity index (χ3v) is 5.57. The zero-order chi connectivity index (χ0) is 24.3. The molecule has 2 aliphatic heterocycles. The summed E-state index contributed by atoms with van der Waals surface area (Å²) in [4.78, 5) is 51.0. The zero-order valence-corrected chi connectivity index (χ0v) is 19.5. The zero-order valence-electron chi connectivity index (χ0n) is 19.5. The Balaban J connectivity index is 1.71. The molecule has 0 aliphatic carbocycles. The van der Waals surface area contributed by atoms with Crippen LogP contribution >= 0.6 is 0 Å². The average Bonchev–Trinajstić information content (AvgIpc) is 3.03. The topological polar surface area (TPSA) is 105 Å². The fourth-order valence-electron chi connectivity index (χ4n) is 3.89. The number of benzene rings is 1. The highest BCUT2D eigenvalue weighted by atomic mass is 16.6. The lowest BCUT2D eigenvalue weighted by molar-refractivity contribution is -0.168. The van der Waals surface area contributed by atoms with Crippen molar-refractivity contribution in [1.29, 1.82) is 0 Å². The molecule has 176 valence electrons. The van der Waals surface area contributed by atoms with Gasteiger partial charge in [0, 0.05) is 32.5 Å². The summed E-state index contributed by atoms with van der Waals surface area (Å²) in [7, 11) is 3.38. The molecule has 0 spiro atoms. The molecule has 1 unspecified atom stereocenters. The van der Waals surface area contributed by atoms with E-state index in [2.05, 4.69) is 5.32 Å². The summed E-state index contributed by atoms with van der Waals surface area (Å²) in [5, 5.41) is 2.61. The number of esters is 2. The van der Waals surface area contributed by atoms with E-state index in [1.54, 1.807) is 30.8 Å². The molecule has 0 radical (unpaired) electrons. The van der Waals surface area contributed by atoms with Crippen LogP contribution in [-0.2, 0) is 28.7 Å². The van der Waals surface area contributed by atoms with Crippen molar-refractivity contribution >= 4 is 34.9 Å². The van der Waals surface area contributed by atoms with Gasteiger partial charge in [0.25, 0.3) is 5.91 Å². The molecule has 1 aromatic carbocycles. The Labute approximate surface area is 193 Å². The minimum Gasteiger partial charge on any atom is -0.437 e. The van der Waals surface area contributed by atoms with Crippen LogP contribution in [0.1, 0.15) is 38.3 Å². The summed E-state index contributed by atoms with van der Waals surface area (Å²) in [5.41, 5.74) is 3.93. The molecule has 0 saturated carbocycles. The minimum absolute atomic E-state index is 0.253. The highest BCUT2D eigenvalue weighted by molar-refractivity contribution is 6.19. The van der Waals surface area contributed by atoms with Crippen LogP contribution in [0.4, 0.5) is 0 Å². The third-order valence-electron chi connectivity index (χ3n) is 5.57. The van der Waals surface area contributed by atoms with Gasteiger partial charge in [0.15, 0.2) is 6.23 Å². The first-order valence-corrected chi connectivity index (χ1v) is 10.7. The van der Waals surface area contributed by atoms with Gasteiger partial charge < -0.3 is 19.7 Å². The van der Waals surface area contributed by atoms with Gasteiger partial charge in [0.2, 0.25) is 12.1 Å². The van der Waals surface area contributed by atoms with E-state index >= 15 is 0 Å². The molecule has 33 heavy (non-hydrogen) atoms. The Morgan fingerprint density at radius 3 is 2.30 bits per heavy atom. The maximum atomic E-state index is 12.8. The van der Waals surface area contributed by atoms with Crippen molar-refractivity contribution in [2.45, 2.75) is 39.6 Å². The number of ether oxygens (including phenoxy) is 2. The van der Waals surface area contributed by atoms with E-state index in [4.69, 9.17) is 9.47 Å². The van der Waals surface area contributed by atoms with Gasteiger partial charge in [-0.25, -0.2) is 4.79 Å². The first-order chi connectivity index (χ1) is 15.6. The molecule has 2 heterocycles. The summed E-state index contributed by atoms with van der Waals surface area (Å²) in [5.74, 6) is -1.49. The number of hydrogen-bond donors (Lipinski definition) is 1. The van der Waals surface area contributed by atoms with Crippen LogP contribution < -0.4 is 5.32 Å². The second-order valence-electron chi connectivity index (χ2n) is 8.31. The Morgan fingerprint density at radius 1 is 1.15 bits per heavy atom. The molecule has 0 aromatic heterocycles. The van der Waals surface area contributed by atoms with Gasteiger partial charge >= 0.3 is 11.9 Å². The number of nitrogens with zero attached hydrogens (tertiary/aromatic N) is 2. The first kappa shape index (κ1) is 24.2. The lowest BCUT2D eigenvalue weighted by atomic mass is 9.95. The molecule has 2 amide bonds. The van der Waals surface area contributed by atoms with Crippen molar-refractivity contribution in [3.05, 3.63) is 47.0 Å². The number of amides is 2. The first-order valence-electron chi connectivity index (χ1n) is 10.7. The highest BCUT2D eigenvalue weighted by Gasteiger charge is 2.33. The van der Waals surface area contributed by atoms with Crippen molar-refractivity contribution in [1.82, 2.24) is 15.1 Å². The number of rotatable bonds is 6. The second-order valence-corrected chi connectivity index (χ2v) is 8.31. The smallest absolute Gasteiger partial charge is 0.341 e. The highest BCUT2D eigenvalue weighted by Crippen LogP contribution is 2.31. The Kier molecular flexibility index (Phi) is 7.33. The maximum absolute atomic E-state index is 12.8.